The van der Waals surface area contributed by atoms with Gasteiger partial charge in [0.15, 0.2) is 0 Å². The lowest BCUT2D eigenvalue weighted by Gasteiger charge is -2.17. The van der Waals surface area contributed by atoms with E-state index in [9.17, 15) is 13.2 Å². The summed E-state index contributed by atoms with van der Waals surface area (Å²) in [6, 6.07) is 6.72. The van der Waals surface area contributed by atoms with Gasteiger partial charge in [0.05, 0.1) is 22.1 Å². The smallest absolute Gasteiger partial charge is 0.265 e. The van der Waals surface area contributed by atoms with Gasteiger partial charge < -0.3 is 9.47 Å². The zero-order valence-corrected chi connectivity index (χ0v) is 21.4. The maximum Gasteiger partial charge on any atom is 0.265 e. The Bertz CT molecular complexity index is 1270. The first-order valence-electron chi connectivity index (χ1n) is 10.2. The first kappa shape index (κ1) is 24.3. The van der Waals surface area contributed by atoms with Crippen LogP contribution in [0.2, 0.25) is 5.02 Å². The third-order valence-corrected chi connectivity index (χ3v) is 8.37. The molecule has 0 spiro atoms. The van der Waals surface area contributed by atoms with E-state index in [1.165, 1.54) is 11.3 Å². The molecule has 0 bridgehead atoms. The largest absolute Gasteiger partial charge is 0.345 e. The van der Waals surface area contributed by atoms with Crippen molar-refractivity contribution in [2.24, 2.45) is 7.05 Å². The average Bonchev–Trinajstić information content (AvgIpc) is 3.25. The second-order valence-corrected chi connectivity index (χ2v) is 10.6. The molecule has 0 unspecified atom stereocenters. The van der Waals surface area contributed by atoms with Crippen LogP contribution >= 0.6 is 22.9 Å². The summed E-state index contributed by atoms with van der Waals surface area (Å²) in [5, 5.41) is 0.927. The molecule has 7 nitrogen and oxygen atoms in total. The van der Waals surface area contributed by atoms with Crippen LogP contribution in [0.25, 0.3) is 10.7 Å². The van der Waals surface area contributed by atoms with Gasteiger partial charge in [-0.3, -0.25) is 9.52 Å². The van der Waals surface area contributed by atoms with Crippen LogP contribution in [0, 0.1) is 20.8 Å². The Balaban J connectivity index is 2.00. The number of amides is 1. The van der Waals surface area contributed by atoms with Gasteiger partial charge in [-0.05, 0) is 58.4 Å². The lowest BCUT2D eigenvalue weighted by atomic mass is 10.2. The van der Waals surface area contributed by atoms with Crippen molar-refractivity contribution in [3.8, 4) is 10.7 Å². The topological polar surface area (TPSA) is 84.3 Å². The first-order valence-corrected chi connectivity index (χ1v) is 12.9. The Morgan fingerprint density at radius 1 is 1.19 bits per heavy atom. The molecule has 0 aliphatic heterocycles. The van der Waals surface area contributed by atoms with Crippen LogP contribution in [0.4, 0.5) is 5.69 Å². The zero-order valence-electron chi connectivity index (χ0n) is 19.0. The van der Waals surface area contributed by atoms with Crippen molar-refractivity contribution in [2.45, 2.75) is 39.5 Å². The number of nitrogens with one attached hydrogen (secondary N) is 1. The second kappa shape index (κ2) is 9.25. The number of anilines is 1. The number of rotatable bonds is 7. The highest BCUT2D eigenvalue weighted by molar-refractivity contribution is 7.92. The summed E-state index contributed by atoms with van der Waals surface area (Å²) in [7, 11) is -2.10. The Hall–Kier alpha value is -2.36. The minimum atomic E-state index is -3.88. The lowest BCUT2D eigenvalue weighted by molar-refractivity contribution is 0.0777. The van der Waals surface area contributed by atoms with Crippen molar-refractivity contribution < 1.29 is 13.2 Å². The molecule has 0 aliphatic carbocycles. The number of aryl methyl sites for hydroxylation is 2. The Morgan fingerprint density at radius 2 is 1.84 bits per heavy atom. The highest BCUT2D eigenvalue weighted by atomic mass is 35.5. The summed E-state index contributed by atoms with van der Waals surface area (Å²) in [6.45, 7) is 10.5. The molecule has 1 amide bonds. The van der Waals surface area contributed by atoms with E-state index in [0.717, 1.165) is 5.56 Å². The number of carbonyl (C=O) groups excluding carboxylic acids is 1. The van der Waals surface area contributed by atoms with Gasteiger partial charge in [-0.2, -0.15) is 0 Å². The highest BCUT2D eigenvalue weighted by Gasteiger charge is 2.26. The van der Waals surface area contributed by atoms with E-state index in [2.05, 4.69) is 9.71 Å². The van der Waals surface area contributed by atoms with Crippen LogP contribution in [0.15, 0.2) is 29.2 Å². The molecular formula is C22H27ClN4O3S2. The Labute approximate surface area is 198 Å². The molecule has 0 saturated carbocycles. The number of sulfonamides is 1. The van der Waals surface area contributed by atoms with Crippen molar-refractivity contribution >= 4 is 44.6 Å². The SMILES string of the molecule is CCN(CC)C(=O)c1sc(-c2cc(S(=O)(=O)Nc3ccc(C)cc3Cl)c(C)n2C)nc1C. The summed E-state index contributed by atoms with van der Waals surface area (Å²) < 4.78 is 30.6. The number of benzene rings is 1. The third-order valence-electron chi connectivity index (χ3n) is 5.41. The minimum Gasteiger partial charge on any atom is -0.345 e. The van der Waals surface area contributed by atoms with E-state index in [4.69, 9.17) is 11.6 Å². The van der Waals surface area contributed by atoms with Crippen molar-refractivity contribution in [3.63, 3.8) is 0 Å². The van der Waals surface area contributed by atoms with E-state index in [1.807, 2.05) is 20.8 Å². The van der Waals surface area contributed by atoms with Gasteiger partial charge >= 0.3 is 0 Å². The number of thiazole rings is 1. The van der Waals surface area contributed by atoms with Crippen molar-refractivity contribution in [2.75, 3.05) is 17.8 Å². The van der Waals surface area contributed by atoms with Crippen LogP contribution in [-0.4, -0.2) is 41.9 Å². The quantitative estimate of drug-likeness (QED) is 0.500. The van der Waals surface area contributed by atoms with Gasteiger partial charge in [0.1, 0.15) is 14.8 Å². The maximum absolute atomic E-state index is 13.1. The van der Waals surface area contributed by atoms with Gasteiger partial charge in [0.25, 0.3) is 15.9 Å². The normalized spacial score (nSPS) is 11.6. The molecule has 1 N–H and O–H groups in total. The third kappa shape index (κ3) is 4.55. The predicted molar refractivity (Wildman–Crippen MR) is 130 cm³/mol. The fourth-order valence-corrected chi connectivity index (χ4v) is 6.20. The Morgan fingerprint density at radius 3 is 2.44 bits per heavy atom. The number of carbonyl (C=O) groups is 1. The first-order chi connectivity index (χ1) is 15.0. The summed E-state index contributed by atoms with van der Waals surface area (Å²) in [5.74, 6) is -0.0642. The van der Waals surface area contributed by atoms with Gasteiger partial charge in [-0.25, -0.2) is 13.4 Å². The average molecular weight is 495 g/mol. The number of aromatic nitrogens is 2. The van der Waals surface area contributed by atoms with E-state index in [0.29, 0.717) is 50.8 Å². The molecule has 3 aromatic rings. The summed E-state index contributed by atoms with van der Waals surface area (Å²) in [4.78, 5) is 19.8. The molecule has 0 radical (unpaired) electrons. The zero-order chi connectivity index (χ0) is 23.8. The molecule has 3 rings (SSSR count). The molecule has 0 atom stereocenters. The van der Waals surface area contributed by atoms with Gasteiger partial charge in [0.2, 0.25) is 0 Å². The second-order valence-electron chi connectivity index (χ2n) is 7.54. The lowest BCUT2D eigenvalue weighted by Crippen LogP contribution is -2.30. The predicted octanol–water partition coefficient (Wildman–Crippen LogP) is 5.01. The van der Waals surface area contributed by atoms with E-state index in [-0.39, 0.29) is 10.8 Å². The number of hydrogen-bond donors (Lipinski definition) is 1. The molecule has 2 heterocycles. The van der Waals surface area contributed by atoms with Gasteiger partial charge in [0, 0.05) is 25.8 Å². The van der Waals surface area contributed by atoms with Crippen molar-refractivity contribution in [1.82, 2.24) is 14.5 Å². The van der Waals surface area contributed by atoms with Gasteiger partial charge in [-0.1, -0.05) is 17.7 Å². The number of halogens is 1. The summed E-state index contributed by atoms with van der Waals surface area (Å²) in [6.07, 6.45) is 0. The highest BCUT2D eigenvalue weighted by Crippen LogP contribution is 2.34. The molecule has 10 heteroatoms. The van der Waals surface area contributed by atoms with E-state index < -0.39 is 10.0 Å². The van der Waals surface area contributed by atoms with Crippen LogP contribution in [-0.2, 0) is 17.1 Å². The maximum atomic E-state index is 13.1. The molecule has 32 heavy (non-hydrogen) atoms. The van der Waals surface area contributed by atoms with Crippen LogP contribution in [0.3, 0.4) is 0 Å². The van der Waals surface area contributed by atoms with E-state index >= 15 is 0 Å². The Kier molecular flexibility index (Phi) is 7.02. The molecule has 1 aromatic carbocycles. The fourth-order valence-electron chi connectivity index (χ4n) is 3.41. The van der Waals surface area contributed by atoms with E-state index in [1.54, 1.807) is 54.6 Å². The van der Waals surface area contributed by atoms with Gasteiger partial charge in [-0.15, -0.1) is 11.3 Å². The van der Waals surface area contributed by atoms with Crippen LogP contribution in [0.5, 0.6) is 0 Å². The standard InChI is InChI=1S/C22H27ClN4O3S2/c1-7-27(8-2)22(28)20-14(4)24-21(31-20)18-12-19(15(5)26(18)6)32(29,30)25-17-10-9-13(3)11-16(17)23/h9-12,25H,7-8H2,1-6H3. The molecule has 0 aliphatic rings. The molecule has 0 saturated heterocycles. The molecular weight excluding hydrogens is 468 g/mol. The van der Waals surface area contributed by atoms with Crippen molar-refractivity contribution in [1.29, 1.82) is 0 Å². The molecule has 172 valence electrons. The monoisotopic (exact) mass is 494 g/mol. The molecule has 2 aromatic heterocycles. The minimum absolute atomic E-state index is 0.0642. The fraction of sp³-hybridized carbons (Fsp3) is 0.364. The summed E-state index contributed by atoms with van der Waals surface area (Å²) >= 11 is 7.49. The number of nitrogens with zero attached hydrogens (tertiary/aromatic N) is 3. The summed E-state index contributed by atoms with van der Waals surface area (Å²) in [5.41, 5.74) is 3.07. The van der Waals surface area contributed by atoms with Crippen LogP contribution in [0.1, 0.15) is 40.5 Å². The molecule has 0 fully saturated rings. The van der Waals surface area contributed by atoms with Crippen molar-refractivity contribution in [3.05, 3.63) is 51.1 Å². The van der Waals surface area contributed by atoms with Crippen LogP contribution < -0.4 is 4.72 Å². The number of hydrogen-bond acceptors (Lipinski definition) is 5.